The topological polar surface area (TPSA) is 91.3 Å². The van der Waals surface area contributed by atoms with Crippen LogP contribution in [0.1, 0.15) is 11.1 Å². The van der Waals surface area contributed by atoms with E-state index in [-0.39, 0.29) is 11.6 Å². The van der Waals surface area contributed by atoms with Crippen LogP contribution < -0.4 is 10.5 Å². The van der Waals surface area contributed by atoms with E-state index in [9.17, 15) is 10.1 Å². The minimum Gasteiger partial charge on any atom is -0.434 e. The van der Waals surface area contributed by atoms with Crippen molar-refractivity contribution in [3.05, 3.63) is 57.8 Å². The van der Waals surface area contributed by atoms with Crippen molar-refractivity contribution in [1.29, 1.82) is 0 Å². The summed E-state index contributed by atoms with van der Waals surface area (Å²) < 4.78 is 5.46. The molecule has 6 heteroatoms. The molecule has 1 aromatic carbocycles. The molecule has 19 heavy (non-hydrogen) atoms. The molecule has 0 aliphatic rings. The average molecular weight is 259 g/mol. The largest absolute Gasteiger partial charge is 0.434 e. The Kier molecular flexibility index (Phi) is 3.72. The molecule has 1 heterocycles. The van der Waals surface area contributed by atoms with Crippen LogP contribution in [0.3, 0.4) is 0 Å². The zero-order valence-corrected chi connectivity index (χ0v) is 10.4. The second kappa shape index (κ2) is 5.45. The average Bonchev–Trinajstić information content (AvgIpc) is 2.41. The Bertz CT molecular complexity index is 614. The number of rotatable bonds is 4. The van der Waals surface area contributed by atoms with E-state index < -0.39 is 4.92 Å². The van der Waals surface area contributed by atoms with Crippen molar-refractivity contribution in [1.82, 2.24) is 4.98 Å². The van der Waals surface area contributed by atoms with Crippen LogP contribution in [0.15, 0.2) is 36.5 Å². The summed E-state index contributed by atoms with van der Waals surface area (Å²) >= 11 is 0. The second-order valence-electron chi connectivity index (χ2n) is 4.05. The van der Waals surface area contributed by atoms with E-state index >= 15 is 0 Å². The van der Waals surface area contributed by atoms with Crippen molar-refractivity contribution >= 4 is 5.69 Å². The van der Waals surface area contributed by atoms with Crippen molar-refractivity contribution < 1.29 is 9.66 Å². The molecular weight excluding hydrogens is 246 g/mol. The molecular formula is C13H13N3O3. The molecule has 2 aromatic rings. The second-order valence-corrected chi connectivity index (χ2v) is 4.05. The van der Waals surface area contributed by atoms with E-state index in [1.54, 1.807) is 25.1 Å². The lowest BCUT2D eigenvalue weighted by molar-refractivity contribution is -0.386. The molecule has 98 valence electrons. The summed E-state index contributed by atoms with van der Waals surface area (Å²) in [6.45, 7) is 2.11. The van der Waals surface area contributed by atoms with Crippen LogP contribution in [0.5, 0.6) is 11.6 Å². The van der Waals surface area contributed by atoms with E-state index in [1.807, 2.05) is 6.07 Å². The summed E-state index contributed by atoms with van der Waals surface area (Å²) in [5.74, 6) is 0.451. The lowest BCUT2D eigenvalue weighted by Crippen LogP contribution is -1.98. The maximum Gasteiger partial charge on any atom is 0.331 e. The van der Waals surface area contributed by atoms with E-state index in [1.165, 1.54) is 12.3 Å². The van der Waals surface area contributed by atoms with Gasteiger partial charge in [-0.3, -0.25) is 10.1 Å². The Morgan fingerprint density at radius 2 is 2.21 bits per heavy atom. The predicted octanol–water partition coefficient (Wildman–Crippen LogP) is 2.55. The lowest BCUT2D eigenvalue weighted by atomic mass is 10.2. The van der Waals surface area contributed by atoms with Gasteiger partial charge in [-0.25, -0.2) is 4.98 Å². The molecule has 2 N–H and O–H groups in total. The first kappa shape index (κ1) is 13.0. The van der Waals surface area contributed by atoms with Gasteiger partial charge >= 0.3 is 5.69 Å². The molecule has 0 fully saturated rings. The monoisotopic (exact) mass is 259 g/mol. The molecule has 1 aromatic heterocycles. The Balaban J connectivity index is 2.34. The fourth-order valence-corrected chi connectivity index (χ4v) is 1.60. The van der Waals surface area contributed by atoms with Crippen LogP contribution in [0.2, 0.25) is 0 Å². The minimum atomic E-state index is -0.512. The molecule has 0 bridgehead atoms. The van der Waals surface area contributed by atoms with E-state index in [0.717, 1.165) is 5.56 Å². The third-order valence-corrected chi connectivity index (χ3v) is 2.51. The molecule has 0 unspecified atom stereocenters. The third-order valence-electron chi connectivity index (χ3n) is 2.51. The molecule has 0 spiro atoms. The number of aromatic nitrogens is 1. The van der Waals surface area contributed by atoms with E-state index in [0.29, 0.717) is 17.9 Å². The molecule has 6 nitrogen and oxygen atoms in total. The first-order valence-electron chi connectivity index (χ1n) is 5.68. The Labute approximate surface area is 110 Å². The van der Waals surface area contributed by atoms with Gasteiger partial charge in [0.05, 0.1) is 4.92 Å². The Hall–Kier alpha value is -2.47. The predicted molar refractivity (Wildman–Crippen MR) is 70.0 cm³/mol. The molecule has 0 aliphatic heterocycles. The Morgan fingerprint density at radius 1 is 1.42 bits per heavy atom. The van der Waals surface area contributed by atoms with E-state index in [2.05, 4.69) is 4.98 Å². The fourth-order valence-electron chi connectivity index (χ4n) is 1.60. The number of ether oxygens (including phenoxy) is 1. The number of aryl methyl sites for hydroxylation is 1. The third kappa shape index (κ3) is 3.05. The quantitative estimate of drug-likeness (QED) is 0.673. The van der Waals surface area contributed by atoms with Gasteiger partial charge in [-0.05, 0) is 30.2 Å². The molecule has 0 amide bonds. The number of nitro groups is 1. The van der Waals surface area contributed by atoms with Crippen LogP contribution in [0, 0.1) is 17.0 Å². The van der Waals surface area contributed by atoms with Crippen LogP contribution >= 0.6 is 0 Å². The first-order chi connectivity index (χ1) is 9.10. The minimum absolute atomic E-state index is 0.0234. The highest BCUT2D eigenvalue weighted by atomic mass is 16.6. The summed E-state index contributed by atoms with van der Waals surface area (Å²) in [6, 6.07) is 8.48. The van der Waals surface area contributed by atoms with Crippen molar-refractivity contribution in [2.75, 3.05) is 0 Å². The lowest BCUT2D eigenvalue weighted by Gasteiger charge is -2.06. The van der Waals surface area contributed by atoms with Crippen LogP contribution in [0.25, 0.3) is 0 Å². The zero-order chi connectivity index (χ0) is 13.8. The number of nitrogens with zero attached hydrogens (tertiary/aromatic N) is 2. The van der Waals surface area contributed by atoms with Gasteiger partial charge in [-0.15, -0.1) is 0 Å². The van der Waals surface area contributed by atoms with Gasteiger partial charge in [0.25, 0.3) is 5.88 Å². The normalized spacial score (nSPS) is 10.2. The van der Waals surface area contributed by atoms with Crippen molar-refractivity contribution in [2.45, 2.75) is 13.5 Å². The van der Waals surface area contributed by atoms with Gasteiger partial charge in [0.1, 0.15) is 5.75 Å². The van der Waals surface area contributed by atoms with Crippen molar-refractivity contribution in [2.24, 2.45) is 5.73 Å². The molecule has 0 saturated carbocycles. The number of hydrogen-bond acceptors (Lipinski definition) is 5. The summed E-state index contributed by atoms with van der Waals surface area (Å²) in [6.07, 6.45) is 1.52. The van der Waals surface area contributed by atoms with E-state index in [4.69, 9.17) is 10.5 Å². The maximum atomic E-state index is 11.0. The van der Waals surface area contributed by atoms with Crippen molar-refractivity contribution in [3.63, 3.8) is 0 Å². The fraction of sp³-hybridized carbons (Fsp3) is 0.154. The van der Waals surface area contributed by atoms with Gasteiger partial charge in [0, 0.05) is 18.8 Å². The van der Waals surface area contributed by atoms with Gasteiger partial charge in [-0.2, -0.15) is 0 Å². The first-order valence-corrected chi connectivity index (χ1v) is 5.68. The number of hydrogen-bond donors (Lipinski definition) is 1. The number of nitrogens with two attached hydrogens (primary N) is 1. The van der Waals surface area contributed by atoms with Crippen LogP contribution in [-0.4, -0.2) is 9.91 Å². The molecule has 0 radical (unpaired) electrons. The van der Waals surface area contributed by atoms with Gasteiger partial charge in [0.15, 0.2) is 0 Å². The van der Waals surface area contributed by atoms with Gasteiger partial charge in [0.2, 0.25) is 0 Å². The van der Waals surface area contributed by atoms with Gasteiger partial charge < -0.3 is 10.5 Å². The standard InChI is InChI=1S/C13H13N3O3/c1-9-5-12(16(17)18)13(15-8-9)19-11-4-2-3-10(6-11)7-14/h2-6,8H,7,14H2,1H3. The Morgan fingerprint density at radius 3 is 2.89 bits per heavy atom. The summed E-state index contributed by atoms with van der Waals surface area (Å²) in [5.41, 5.74) is 6.96. The highest BCUT2D eigenvalue weighted by molar-refractivity contribution is 5.45. The van der Waals surface area contributed by atoms with Crippen molar-refractivity contribution in [3.8, 4) is 11.6 Å². The number of benzene rings is 1. The molecule has 0 saturated heterocycles. The van der Waals surface area contributed by atoms with Crippen LogP contribution in [-0.2, 0) is 6.54 Å². The molecule has 0 aliphatic carbocycles. The smallest absolute Gasteiger partial charge is 0.331 e. The molecule has 2 rings (SSSR count). The highest BCUT2D eigenvalue weighted by Gasteiger charge is 2.17. The summed E-state index contributed by atoms with van der Waals surface area (Å²) in [5, 5.41) is 11.0. The van der Waals surface area contributed by atoms with Gasteiger partial charge in [-0.1, -0.05) is 12.1 Å². The number of pyridine rings is 1. The highest BCUT2D eigenvalue weighted by Crippen LogP contribution is 2.29. The zero-order valence-electron chi connectivity index (χ0n) is 10.4. The summed E-state index contributed by atoms with van der Waals surface area (Å²) in [7, 11) is 0. The maximum absolute atomic E-state index is 11.0. The van der Waals surface area contributed by atoms with Crippen LogP contribution in [0.4, 0.5) is 5.69 Å². The SMILES string of the molecule is Cc1cnc(Oc2cccc(CN)c2)c([N+](=O)[O-])c1. The summed E-state index contributed by atoms with van der Waals surface area (Å²) in [4.78, 5) is 14.4. The molecule has 0 atom stereocenters.